The molecular formula is C17H28N2O3. The quantitative estimate of drug-likeness (QED) is 0.746. The van der Waals surface area contributed by atoms with Crippen LogP contribution in [0.15, 0.2) is 0 Å². The van der Waals surface area contributed by atoms with Gasteiger partial charge in [0.05, 0.1) is 0 Å². The second-order valence-electron chi connectivity index (χ2n) is 6.45. The van der Waals surface area contributed by atoms with E-state index in [1.165, 1.54) is 32.1 Å². The Balaban J connectivity index is 1.78. The molecule has 0 atom stereocenters. The highest BCUT2D eigenvalue weighted by molar-refractivity contribution is 5.80. The van der Waals surface area contributed by atoms with Crippen LogP contribution < -0.4 is 0 Å². The molecule has 0 spiro atoms. The molecule has 2 rings (SSSR count). The van der Waals surface area contributed by atoms with Crippen molar-refractivity contribution in [3.63, 3.8) is 0 Å². The molecule has 22 heavy (non-hydrogen) atoms. The van der Waals surface area contributed by atoms with Crippen LogP contribution >= 0.6 is 0 Å². The average Bonchev–Trinajstić information content (AvgIpc) is 2.52. The van der Waals surface area contributed by atoms with E-state index in [0.29, 0.717) is 44.9 Å². The SMILES string of the molecule is O=CCCC(=O)N1CCN(C(=O)C2CCCCCCC2)CC1. The van der Waals surface area contributed by atoms with Crippen LogP contribution in [-0.2, 0) is 14.4 Å². The van der Waals surface area contributed by atoms with Gasteiger partial charge in [-0.15, -0.1) is 0 Å². The zero-order valence-corrected chi connectivity index (χ0v) is 13.5. The Kier molecular flexibility index (Phi) is 6.87. The molecule has 0 unspecified atom stereocenters. The van der Waals surface area contributed by atoms with Crippen molar-refractivity contribution in [3.05, 3.63) is 0 Å². The maximum Gasteiger partial charge on any atom is 0.225 e. The molecule has 1 saturated carbocycles. The molecule has 1 saturated heterocycles. The number of carbonyl (C=O) groups excluding carboxylic acids is 3. The number of nitrogens with zero attached hydrogens (tertiary/aromatic N) is 2. The van der Waals surface area contributed by atoms with Gasteiger partial charge in [0.2, 0.25) is 11.8 Å². The summed E-state index contributed by atoms with van der Waals surface area (Å²) in [7, 11) is 0. The van der Waals surface area contributed by atoms with E-state index in [0.717, 1.165) is 19.1 Å². The van der Waals surface area contributed by atoms with Gasteiger partial charge in [-0.2, -0.15) is 0 Å². The predicted octanol–water partition coefficient (Wildman–Crippen LogP) is 2.00. The fourth-order valence-corrected chi connectivity index (χ4v) is 3.48. The van der Waals surface area contributed by atoms with Crippen LogP contribution in [0.4, 0.5) is 0 Å². The number of aldehydes is 1. The zero-order valence-electron chi connectivity index (χ0n) is 13.5. The van der Waals surface area contributed by atoms with Gasteiger partial charge in [-0.3, -0.25) is 9.59 Å². The summed E-state index contributed by atoms with van der Waals surface area (Å²) in [4.78, 5) is 38.6. The molecule has 0 N–H and O–H groups in total. The number of piperazine rings is 1. The minimum absolute atomic E-state index is 0.0325. The summed E-state index contributed by atoms with van der Waals surface area (Å²) in [6.07, 6.45) is 9.57. The number of hydrogen-bond acceptors (Lipinski definition) is 3. The maximum absolute atomic E-state index is 12.6. The molecule has 2 amide bonds. The Morgan fingerprint density at radius 3 is 2.00 bits per heavy atom. The van der Waals surface area contributed by atoms with E-state index in [4.69, 9.17) is 0 Å². The lowest BCUT2D eigenvalue weighted by Crippen LogP contribution is -2.52. The minimum atomic E-state index is 0.0325. The van der Waals surface area contributed by atoms with Crippen molar-refractivity contribution in [1.82, 2.24) is 9.80 Å². The van der Waals surface area contributed by atoms with Gasteiger partial charge < -0.3 is 14.6 Å². The van der Waals surface area contributed by atoms with Crippen LogP contribution in [-0.4, -0.2) is 54.1 Å². The van der Waals surface area contributed by atoms with E-state index in [2.05, 4.69) is 0 Å². The number of rotatable bonds is 4. The molecule has 1 aliphatic heterocycles. The standard InChI is InChI=1S/C17H28N2O3/c20-14-6-9-16(21)18-10-12-19(13-11-18)17(22)15-7-4-2-1-3-5-8-15/h14-15H,1-13H2. The summed E-state index contributed by atoms with van der Waals surface area (Å²) >= 11 is 0. The molecule has 0 aromatic carbocycles. The molecule has 5 nitrogen and oxygen atoms in total. The van der Waals surface area contributed by atoms with E-state index >= 15 is 0 Å². The lowest BCUT2D eigenvalue weighted by molar-refractivity contribution is -0.142. The number of carbonyl (C=O) groups is 3. The van der Waals surface area contributed by atoms with Crippen molar-refractivity contribution in [1.29, 1.82) is 0 Å². The molecule has 0 aromatic heterocycles. The monoisotopic (exact) mass is 308 g/mol. The summed E-state index contributed by atoms with van der Waals surface area (Å²) in [5, 5.41) is 0. The van der Waals surface area contributed by atoms with E-state index in [1.54, 1.807) is 4.90 Å². The summed E-state index contributed by atoms with van der Waals surface area (Å²) in [6, 6.07) is 0. The van der Waals surface area contributed by atoms with Gasteiger partial charge in [0, 0.05) is 44.9 Å². The van der Waals surface area contributed by atoms with Crippen LogP contribution in [0, 0.1) is 5.92 Å². The Morgan fingerprint density at radius 1 is 0.864 bits per heavy atom. The fourth-order valence-electron chi connectivity index (χ4n) is 3.48. The summed E-state index contributed by atoms with van der Waals surface area (Å²) in [5.74, 6) is 0.518. The molecular weight excluding hydrogens is 280 g/mol. The van der Waals surface area contributed by atoms with E-state index < -0.39 is 0 Å². The maximum atomic E-state index is 12.6. The lowest BCUT2D eigenvalue weighted by Gasteiger charge is -2.36. The van der Waals surface area contributed by atoms with Crippen molar-refractivity contribution in [3.8, 4) is 0 Å². The normalized spacial score (nSPS) is 21.1. The first kappa shape index (κ1) is 17.0. The van der Waals surface area contributed by atoms with Crippen LogP contribution in [0.1, 0.15) is 57.8 Å². The van der Waals surface area contributed by atoms with Gasteiger partial charge in [-0.05, 0) is 12.8 Å². The highest BCUT2D eigenvalue weighted by Gasteiger charge is 2.28. The topological polar surface area (TPSA) is 57.7 Å². The first-order valence-electron chi connectivity index (χ1n) is 8.72. The van der Waals surface area contributed by atoms with Gasteiger partial charge in [0.25, 0.3) is 0 Å². The highest BCUT2D eigenvalue weighted by Crippen LogP contribution is 2.24. The van der Waals surface area contributed by atoms with Gasteiger partial charge in [-0.1, -0.05) is 32.1 Å². The minimum Gasteiger partial charge on any atom is -0.339 e. The fraction of sp³-hybridized carbons (Fsp3) is 0.824. The van der Waals surface area contributed by atoms with Gasteiger partial charge in [-0.25, -0.2) is 0 Å². The third-order valence-corrected chi connectivity index (χ3v) is 4.87. The van der Waals surface area contributed by atoms with Crippen molar-refractivity contribution >= 4 is 18.1 Å². The van der Waals surface area contributed by atoms with E-state index in [9.17, 15) is 14.4 Å². The highest BCUT2D eigenvalue weighted by atomic mass is 16.2. The summed E-state index contributed by atoms with van der Waals surface area (Å²) in [6.45, 7) is 2.50. The van der Waals surface area contributed by atoms with Crippen molar-refractivity contribution in [2.45, 2.75) is 57.8 Å². The molecule has 124 valence electrons. The average molecular weight is 308 g/mol. The molecule has 5 heteroatoms. The second-order valence-corrected chi connectivity index (χ2v) is 6.45. The van der Waals surface area contributed by atoms with Crippen molar-refractivity contribution in [2.75, 3.05) is 26.2 Å². The summed E-state index contributed by atoms with van der Waals surface area (Å²) < 4.78 is 0. The van der Waals surface area contributed by atoms with Crippen LogP contribution in [0.25, 0.3) is 0 Å². The third-order valence-electron chi connectivity index (χ3n) is 4.87. The summed E-state index contributed by atoms with van der Waals surface area (Å²) in [5.41, 5.74) is 0. The Hall–Kier alpha value is -1.39. The van der Waals surface area contributed by atoms with Gasteiger partial charge >= 0.3 is 0 Å². The Labute approximate surface area is 133 Å². The lowest BCUT2D eigenvalue weighted by atomic mass is 9.90. The molecule has 0 radical (unpaired) electrons. The van der Waals surface area contributed by atoms with Crippen LogP contribution in [0.2, 0.25) is 0 Å². The van der Waals surface area contributed by atoms with Gasteiger partial charge in [0.15, 0.2) is 0 Å². The molecule has 2 aliphatic rings. The molecule has 1 aliphatic carbocycles. The van der Waals surface area contributed by atoms with Gasteiger partial charge in [0.1, 0.15) is 6.29 Å². The van der Waals surface area contributed by atoms with Crippen LogP contribution in [0.3, 0.4) is 0 Å². The second kappa shape index (κ2) is 8.91. The molecule has 0 bridgehead atoms. The number of hydrogen-bond donors (Lipinski definition) is 0. The Morgan fingerprint density at radius 2 is 1.41 bits per heavy atom. The van der Waals surface area contributed by atoms with E-state index in [-0.39, 0.29) is 11.8 Å². The smallest absolute Gasteiger partial charge is 0.225 e. The Bertz CT molecular complexity index is 381. The molecule has 1 heterocycles. The third kappa shape index (κ3) is 4.82. The predicted molar refractivity (Wildman–Crippen MR) is 84.3 cm³/mol. The van der Waals surface area contributed by atoms with Crippen LogP contribution in [0.5, 0.6) is 0 Å². The zero-order chi connectivity index (χ0) is 15.8. The largest absolute Gasteiger partial charge is 0.339 e. The van der Waals surface area contributed by atoms with E-state index in [1.807, 2.05) is 4.90 Å². The molecule has 0 aromatic rings. The van der Waals surface area contributed by atoms with Crippen molar-refractivity contribution in [2.24, 2.45) is 5.92 Å². The van der Waals surface area contributed by atoms with Crippen molar-refractivity contribution < 1.29 is 14.4 Å². The molecule has 2 fully saturated rings. The first-order valence-corrected chi connectivity index (χ1v) is 8.72. The number of amides is 2. The first-order chi connectivity index (χ1) is 10.7.